The second-order valence-electron chi connectivity index (χ2n) is 4.05. The Bertz CT molecular complexity index is 296. The lowest BCUT2D eigenvalue weighted by Gasteiger charge is -2.05. The Labute approximate surface area is 95.6 Å². The van der Waals surface area contributed by atoms with Gasteiger partial charge in [0.25, 0.3) is 0 Å². The normalized spacial score (nSPS) is 11.3. The molecule has 2 N–H and O–H groups in total. The summed E-state index contributed by atoms with van der Waals surface area (Å²) in [6.45, 7) is 5.12. The molecule has 0 aromatic carbocycles. The molecule has 86 valence electrons. The predicted octanol–water partition coefficient (Wildman–Crippen LogP) is 1.45. The van der Waals surface area contributed by atoms with Crippen molar-refractivity contribution in [1.82, 2.24) is 14.8 Å². The lowest BCUT2D eigenvalue weighted by molar-refractivity contribution is 0.593. The first kappa shape index (κ1) is 12.5. The highest BCUT2D eigenvalue weighted by Crippen LogP contribution is 2.17. The van der Waals surface area contributed by atoms with Gasteiger partial charge < -0.3 is 10.3 Å². The van der Waals surface area contributed by atoms with Gasteiger partial charge in [-0.3, -0.25) is 0 Å². The van der Waals surface area contributed by atoms with Gasteiger partial charge in [0.1, 0.15) is 5.82 Å². The molecule has 0 aliphatic heterocycles. The highest BCUT2D eigenvalue weighted by atomic mass is 32.2. The standard InChI is InChI=1S/C10H20N4S/c1-8(2)7-9-12-13-10(14(9)3)15-6-4-5-11/h8H,4-7,11H2,1-3H3. The van der Waals surface area contributed by atoms with Crippen molar-refractivity contribution in [2.24, 2.45) is 18.7 Å². The third-order valence-electron chi connectivity index (χ3n) is 2.10. The SMILES string of the molecule is CC(C)Cc1nnc(SCCCN)n1C. The second-order valence-corrected chi connectivity index (χ2v) is 5.11. The Morgan fingerprint density at radius 2 is 2.13 bits per heavy atom. The summed E-state index contributed by atoms with van der Waals surface area (Å²) < 4.78 is 2.08. The summed E-state index contributed by atoms with van der Waals surface area (Å²) in [6.07, 6.45) is 2.01. The number of hydrogen-bond acceptors (Lipinski definition) is 4. The first-order valence-corrected chi connectivity index (χ1v) is 6.34. The third kappa shape index (κ3) is 3.83. The summed E-state index contributed by atoms with van der Waals surface area (Å²) in [6, 6.07) is 0. The van der Waals surface area contributed by atoms with Gasteiger partial charge in [-0.1, -0.05) is 25.6 Å². The van der Waals surface area contributed by atoms with Gasteiger partial charge >= 0.3 is 0 Å². The molecule has 0 atom stereocenters. The molecule has 0 spiro atoms. The minimum absolute atomic E-state index is 0.620. The molecule has 4 nitrogen and oxygen atoms in total. The molecule has 0 aliphatic rings. The molecule has 0 radical (unpaired) electrons. The molecular formula is C10H20N4S. The minimum Gasteiger partial charge on any atom is -0.330 e. The highest BCUT2D eigenvalue weighted by Gasteiger charge is 2.09. The van der Waals surface area contributed by atoms with Crippen LogP contribution in [0.5, 0.6) is 0 Å². The maximum absolute atomic E-state index is 5.45. The average molecular weight is 228 g/mol. The number of nitrogens with zero attached hydrogens (tertiary/aromatic N) is 3. The number of aromatic nitrogens is 3. The molecular weight excluding hydrogens is 208 g/mol. The van der Waals surface area contributed by atoms with Crippen LogP contribution >= 0.6 is 11.8 Å². The smallest absolute Gasteiger partial charge is 0.190 e. The van der Waals surface area contributed by atoms with Gasteiger partial charge in [0.15, 0.2) is 5.16 Å². The quantitative estimate of drug-likeness (QED) is 0.591. The van der Waals surface area contributed by atoms with Crippen LogP contribution in [0.1, 0.15) is 26.1 Å². The van der Waals surface area contributed by atoms with Crippen LogP contribution in [-0.4, -0.2) is 27.1 Å². The van der Waals surface area contributed by atoms with Crippen LogP contribution in [-0.2, 0) is 13.5 Å². The highest BCUT2D eigenvalue weighted by molar-refractivity contribution is 7.99. The molecule has 1 heterocycles. The van der Waals surface area contributed by atoms with E-state index in [9.17, 15) is 0 Å². The molecule has 1 rings (SSSR count). The lowest BCUT2D eigenvalue weighted by atomic mass is 10.1. The van der Waals surface area contributed by atoms with Gasteiger partial charge in [-0.15, -0.1) is 10.2 Å². The summed E-state index contributed by atoms with van der Waals surface area (Å²) in [4.78, 5) is 0. The Morgan fingerprint density at radius 3 is 2.73 bits per heavy atom. The van der Waals surface area contributed by atoms with Crippen molar-refractivity contribution in [1.29, 1.82) is 0 Å². The second kappa shape index (κ2) is 6.12. The monoisotopic (exact) mass is 228 g/mol. The van der Waals surface area contributed by atoms with E-state index < -0.39 is 0 Å². The molecule has 1 aromatic heterocycles. The predicted molar refractivity (Wildman–Crippen MR) is 63.9 cm³/mol. The maximum Gasteiger partial charge on any atom is 0.190 e. The van der Waals surface area contributed by atoms with Crippen molar-refractivity contribution in [3.63, 3.8) is 0 Å². The van der Waals surface area contributed by atoms with Crippen molar-refractivity contribution in [3.8, 4) is 0 Å². The number of rotatable bonds is 6. The number of thioether (sulfide) groups is 1. The Kier molecular flexibility index (Phi) is 5.11. The summed E-state index contributed by atoms with van der Waals surface area (Å²) in [7, 11) is 2.03. The maximum atomic E-state index is 5.45. The van der Waals surface area contributed by atoms with Crippen molar-refractivity contribution in [2.75, 3.05) is 12.3 Å². The van der Waals surface area contributed by atoms with Crippen LogP contribution in [0, 0.1) is 5.92 Å². The summed E-state index contributed by atoms with van der Waals surface area (Å²) in [5.74, 6) is 2.71. The average Bonchev–Trinajstić information content (AvgIpc) is 2.49. The minimum atomic E-state index is 0.620. The van der Waals surface area contributed by atoms with E-state index in [1.54, 1.807) is 11.8 Å². The molecule has 5 heteroatoms. The van der Waals surface area contributed by atoms with Crippen molar-refractivity contribution >= 4 is 11.8 Å². The van der Waals surface area contributed by atoms with E-state index in [0.29, 0.717) is 5.92 Å². The van der Waals surface area contributed by atoms with Crippen molar-refractivity contribution in [2.45, 2.75) is 31.8 Å². The van der Waals surface area contributed by atoms with E-state index in [1.807, 2.05) is 7.05 Å². The summed E-state index contributed by atoms with van der Waals surface area (Å²) in [5, 5.41) is 9.37. The Balaban J connectivity index is 2.55. The van der Waals surface area contributed by atoms with Gasteiger partial charge in [-0.05, 0) is 18.9 Å². The molecule has 0 amide bonds. The van der Waals surface area contributed by atoms with Crippen LogP contribution in [0.4, 0.5) is 0 Å². The van der Waals surface area contributed by atoms with Gasteiger partial charge in [-0.25, -0.2) is 0 Å². The number of nitrogens with two attached hydrogens (primary N) is 1. The van der Waals surface area contributed by atoms with Gasteiger partial charge in [0, 0.05) is 19.2 Å². The first-order valence-electron chi connectivity index (χ1n) is 5.36. The largest absolute Gasteiger partial charge is 0.330 e. The molecule has 0 saturated carbocycles. The molecule has 0 bridgehead atoms. The van der Waals surface area contributed by atoms with E-state index in [2.05, 4.69) is 28.6 Å². The summed E-state index contributed by atoms with van der Waals surface area (Å²) in [5.41, 5.74) is 5.45. The zero-order chi connectivity index (χ0) is 11.3. The fourth-order valence-electron chi connectivity index (χ4n) is 1.26. The van der Waals surface area contributed by atoms with E-state index in [4.69, 9.17) is 5.73 Å². The topological polar surface area (TPSA) is 56.7 Å². The van der Waals surface area contributed by atoms with E-state index >= 15 is 0 Å². The molecule has 15 heavy (non-hydrogen) atoms. The summed E-state index contributed by atoms with van der Waals surface area (Å²) >= 11 is 1.73. The lowest BCUT2D eigenvalue weighted by Crippen LogP contribution is -2.04. The van der Waals surface area contributed by atoms with Crippen LogP contribution in [0.3, 0.4) is 0 Å². The van der Waals surface area contributed by atoms with E-state index in [0.717, 1.165) is 36.1 Å². The van der Waals surface area contributed by atoms with Crippen molar-refractivity contribution < 1.29 is 0 Å². The molecule has 0 unspecified atom stereocenters. The van der Waals surface area contributed by atoms with E-state index in [1.165, 1.54) is 0 Å². The van der Waals surface area contributed by atoms with E-state index in [-0.39, 0.29) is 0 Å². The van der Waals surface area contributed by atoms with Crippen LogP contribution in [0.2, 0.25) is 0 Å². The van der Waals surface area contributed by atoms with Crippen LogP contribution in [0.15, 0.2) is 5.16 Å². The molecule has 1 aromatic rings. The molecule has 0 fully saturated rings. The Hall–Kier alpha value is -0.550. The van der Waals surface area contributed by atoms with Crippen LogP contribution in [0.25, 0.3) is 0 Å². The zero-order valence-electron chi connectivity index (χ0n) is 9.73. The van der Waals surface area contributed by atoms with Gasteiger partial charge in [0.05, 0.1) is 0 Å². The fraction of sp³-hybridized carbons (Fsp3) is 0.800. The van der Waals surface area contributed by atoms with Crippen molar-refractivity contribution in [3.05, 3.63) is 5.82 Å². The molecule has 0 aliphatic carbocycles. The van der Waals surface area contributed by atoms with Gasteiger partial charge in [0.2, 0.25) is 0 Å². The molecule has 0 saturated heterocycles. The van der Waals surface area contributed by atoms with Gasteiger partial charge in [-0.2, -0.15) is 0 Å². The Morgan fingerprint density at radius 1 is 1.40 bits per heavy atom. The van der Waals surface area contributed by atoms with Crippen LogP contribution < -0.4 is 5.73 Å². The zero-order valence-corrected chi connectivity index (χ0v) is 10.5. The number of hydrogen-bond donors (Lipinski definition) is 1. The fourth-order valence-corrected chi connectivity index (χ4v) is 2.15. The first-order chi connectivity index (χ1) is 7.15. The third-order valence-corrected chi connectivity index (χ3v) is 3.20.